The van der Waals surface area contributed by atoms with Gasteiger partial charge in [0.05, 0.1) is 0 Å². The second-order valence-electron chi connectivity index (χ2n) is 7.51. The third-order valence-electron chi connectivity index (χ3n) is 5.71. The van der Waals surface area contributed by atoms with Crippen molar-refractivity contribution < 1.29 is 9.59 Å². The minimum atomic E-state index is -0.00525. The zero-order valence-corrected chi connectivity index (χ0v) is 15.9. The van der Waals surface area contributed by atoms with Crippen LogP contribution in [0.1, 0.15) is 50.5 Å². The number of amides is 2. The highest BCUT2D eigenvalue weighted by Crippen LogP contribution is 2.26. The van der Waals surface area contributed by atoms with Crippen LogP contribution in [0.3, 0.4) is 0 Å². The van der Waals surface area contributed by atoms with Crippen LogP contribution in [0.4, 0.5) is 0 Å². The van der Waals surface area contributed by atoms with E-state index in [4.69, 9.17) is 0 Å². The molecule has 2 unspecified atom stereocenters. The van der Waals surface area contributed by atoms with Crippen molar-refractivity contribution in [1.29, 1.82) is 0 Å². The Morgan fingerprint density at radius 3 is 2.58 bits per heavy atom. The number of aromatic amines is 1. The summed E-state index contributed by atoms with van der Waals surface area (Å²) in [6, 6.07) is 10.1. The fraction of sp³-hybridized carbons (Fsp3) is 0.524. The molecular weight excluding hydrogens is 326 g/mol. The first-order valence-corrected chi connectivity index (χ1v) is 9.67. The van der Waals surface area contributed by atoms with E-state index in [-0.39, 0.29) is 23.8 Å². The number of hydrogen-bond donors (Lipinski definition) is 2. The van der Waals surface area contributed by atoms with Gasteiger partial charge in [0.15, 0.2) is 0 Å². The summed E-state index contributed by atoms with van der Waals surface area (Å²) in [5.74, 6) is 0.524. The number of hydrogen-bond acceptors (Lipinski definition) is 2. The van der Waals surface area contributed by atoms with Crippen LogP contribution in [0.25, 0.3) is 10.9 Å². The first-order valence-electron chi connectivity index (χ1n) is 9.67. The molecule has 3 rings (SSSR count). The average molecular weight is 355 g/mol. The molecule has 1 aromatic carbocycles. The van der Waals surface area contributed by atoms with Crippen molar-refractivity contribution in [2.24, 2.45) is 11.8 Å². The molecule has 0 saturated carbocycles. The molecule has 2 amide bonds. The number of aromatic nitrogens is 1. The van der Waals surface area contributed by atoms with Gasteiger partial charge in [-0.2, -0.15) is 0 Å². The van der Waals surface area contributed by atoms with Crippen LogP contribution in [0.2, 0.25) is 0 Å². The van der Waals surface area contributed by atoms with Crippen molar-refractivity contribution in [2.45, 2.75) is 46.1 Å². The Kier molecular flexibility index (Phi) is 5.64. The molecule has 1 saturated heterocycles. The highest BCUT2D eigenvalue weighted by Gasteiger charge is 2.30. The van der Waals surface area contributed by atoms with Gasteiger partial charge in [-0.15, -0.1) is 0 Å². The Balaban J connectivity index is 1.57. The number of benzene rings is 1. The molecular formula is C21H29N3O2. The van der Waals surface area contributed by atoms with E-state index in [1.54, 1.807) is 0 Å². The summed E-state index contributed by atoms with van der Waals surface area (Å²) in [6.07, 6.45) is 2.69. The second kappa shape index (κ2) is 7.94. The number of carbonyl (C=O) groups is 2. The molecule has 2 atom stereocenters. The van der Waals surface area contributed by atoms with Crippen LogP contribution in [0, 0.1) is 11.8 Å². The molecule has 0 spiro atoms. The van der Waals surface area contributed by atoms with Gasteiger partial charge in [0.25, 0.3) is 5.91 Å². The highest BCUT2D eigenvalue weighted by molar-refractivity contribution is 5.98. The molecule has 5 heteroatoms. The molecule has 140 valence electrons. The van der Waals surface area contributed by atoms with Gasteiger partial charge in [-0.25, -0.2) is 0 Å². The molecule has 2 N–H and O–H groups in total. The predicted octanol–water partition coefficient (Wildman–Crippen LogP) is 3.57. The third kappa shape index (κ3) is 3.92. The zero-order valence-electron chi connectivity index (χ0n) is 15.9. The summed E-state index contributed by atoms with van der Waals surface area (Å²) in [6.45, 7) is 7.53. The van der Waals surface area contributed by atoms with Crippen LogP contribution in [-0.2, 0) is 4.79 Å². The first-order chi connectivity index (χ1) is 12.5. The third-order valence-corrected chi connectivity index (χ3v) is 5.71. The lowest BCUT2D eigenvalue weighted by Gasteiger charge is -2.34. The van der Waals surface area contributed by atoms with Crippen molar-refractivity contribution in [1.82, 2.24) is 15.2 Å². The molecule has 1 fully saturated rings. The quantitative estimate of drug-likeness (QED) is 0.861. The Labute approximate surface area is 155 Å². The number of likely N-dealkylation sites (tertiary alicyclic amines) is 1. The maximum atomic E-state index is 12.8. The number of piperidine rings is 1. The standard InChI is InChI=1S/C21H29N3O2/c1-4-14(2)22-20(25)15(3)16-9-11-24(12-10-16)21(26)19-13-17-7-5-6-8-18(17)23-19/h5-8,13-16,23H,4,9-12H2,1-3H3,(H,22,25). The van der Waals surface area contributed by atoms with Crippen molar-refractivity contribution >= 4 is 22.7 Å². The number of nitrogens with one attached hydrogen (secondary N) is 2. The van der Waals surface area contributed by atoms with Crippen LogP contribution < -0.4 is 5.32 Å². The van der Waals surface area contributed by atoms with E-state index in [9.17, 15) is 9.59 Å². The number of carbonyl (C=O) groups excluding carboxylic acids is 2. The molecule has 5 nitrogen and oxygen atoms in total. The largest absolute Gasteiger partial charge is 0.353 e. The second-order valence-corrected chi connectivity index (χ2v) is 7.51. The van der Waals surface area contributed by atoms with E-state index in [0.717, 1.165) is 30.2 Å². The maximum absolute atomic E-state index is 12.8. The molecule has 2 heterocycles. The van der Waals surface area contributed by atoms with E-state index >= 15 is 0 Å². The normalized spacial score (nSPS) is 17.9. The van der Waals surface area contributed by atoms with Gasteiger partial charge in [0.2, 0.25) is 5.91 Å². The molecule has 1 aromatic heterocycles. The van der Waals surface area contributed by atoms with Crippen LogP contribution in [0.15, 0.2) is 30.3 Å². The predicted molar refractivity (Wildman–Crippen MR) is 104 cm³/mol. The minimum Gasteiger partial charge on any atom is -0.353 e. The first kappa shape index (κ1) is 18.5. The van der Waals surface area contributed by atoms with Gasteiger partial charge >= 0.3 is 0 Å². The van der Waals surface area contributed by atoms with Crippen molar-refractivity contribution in [2.75, 3.05) is 13.1 Å². The maximum Gasteiger partial charge on any atom is 0.270 e. The molecule has 1 aliphatic rings. The molecule has 2 aromatic rings. The van der Waals surface area contributed by atoms with Crippen LogP contribution >= 0.6 is 0 Å². The van der Waals surface area contributed by atoms with Gasteiger partial charge in [-0.05, 0) is 44.2 Å². The van der Waals surface area contributed by atoms with E-state index in [0.29, 0.717) is 24.7 Å². The Morgan fingerprint density at radius 1 is 1.23 bits per heavy atom. The smallest absolute Gasteiger partial charge is 0.270 e. The molecule has 1 aliphatic heterocycles. The van der Waals surface area contributed by atoms with Gasteiger partial charge in [0.1, 0.15) is 5.69 Å². The van der Waals surface area contributed by atoms with E-state index in [1.165, 1.54) is 0 Å². The Morgan fingerprint density at radius 2 is 1.92 bits per heavy atom. The van der Waals surface area contributed by atoms with Crippen molar-refractivity contribution in [3.8, 4) is 0 Å². The summed E-state index contributed by atoms with van der Waals surface area (Å²) in [5.41, 5.74) is 1.63. The van der Waals surface area contributed by atoms with E-state index in [1.807, 2.05) is 49.1 Å². The zero-order chi connectivity index (χ0) is 18.7. The highest BCUT2D eigenvalue weighted by atomic mass is 16.2. The van der Waals surface area contributed by atoms with E-state index in [2.05, 4.69) is 17.2 Å². The lowest BCUT2D eigenvalue weighted by Crippen LogP contribution is -2.44. The monoisotopic (exact) mass is 355 g/mol. The molecule has 0 aliphatic carbocycles. The molecule has 0 radical (unpaired) electrons. The summed E-state index contributed by atoms with van der Waals surface area (Å²) in [5, 5.41) is 4.13. The fourth-order valence-electron chi connectivity index (χ4n) is 3.65. The van der Waals surface area contributed by atoms with Gasteiger partial charge in [-0.1, -0.05) is 32.0 Å². The van der Waals surface area contributed by atoms with Crippen LogP contribution in [-0.4, -0.2) is 40.8 Å². The number of rotatable bonds is 5. The number of H-pyrrole nitrogens is 1. The summed E-state index contributed by atoms with van der Waals surface area (Å²) >= 11 is 0. The lowest BCUT2D eigenvalue weighted by molar-refractivity contribution is -0.127. The number of nitrogens with zero attached hydrogens (tertiary/aromatic N) is 1. The Bertz CT molecular complexity index is 741. The van der Waals surface area contributed by atoms with E-state index < -0.39 is 0 Å². The summed E-state index contributed by atoms with van der Waals surface area (Å²) in [7, 11) is 0. The average Bonchev–Trinajstić information content (AvgIpc) is 3.11. The number of fused-ring (bicyclic) bond motifs is 1. The van der Waals surface area contributed by atoms with Gasteiger partial charge in [-0.3, -0.25) is 9.59 Å². The minimum absolute atomic E-state index is 0.00525. The van der Waals surface area contributed by atoms with Crippen molar-refractivity contribution in [3.05, 3.63) is 36.0 Å². The fourth-order valence-corrected chi connectivity index (χ4v) is 3.65. The van der Waals surface area contributed by atoms with Gasteiger partial charge < -0.3 is 15.2 Å². The number of para-hydroxylation sites is 1. The van der Waals surface area contributed by atoms with Gasteiger partial charge in [0, 0.05) is 36.0 Å². The molecule has 0 bridgehead atoms. The Hall–Kier alpha value is -2.30. The molecule has 26 heavy (non-hydrogen) atoms. The summed E-state index contributed by atoms with van der Waals surface area (Å²) < 4.78 is 0. The van der Waals surface area contributed by atoms with Crippen molar-refractivity contribution in [3.63, 3.8) is 0 Å². The SMILES string of the molecule is CCC(C)NC(=O)C(C)C1CCN(C(=O)c2cc3ccccc3[nH]2)CC1. The van der Waals surface area contributed by atoms with Crippen LogP contribution in [0.5, 0.6) is 0 Å². The summed E-state index contributed by atoms with van der Waals surface area (Å²) in [4.78, 5) is 30.3. The lowest BCUT2D eigenvalue weighted by atomic mass is 9.84. The topological polar surface area (TPSA) is 65.2 Å².